The largest absolute Gasteiger partial charge is 0.347 e. The predicted octanol–water partition coefficient (Wildman–Crippen LogP) is 1.70. The van der Waals surface area contributed by atoms with E-state index in [1.807, 2.05) is 6.07 Å². The highest BCUT2D eigenvalue weighted by atomic mass is 32.1. The summed E-state index contributed by atoms with van der Waals surface area (Å²) >= 11 is 1.72. The van der Waals surface area contributed by atoms with Crippen molar-refractivity contribution in [2.45, 2.75) is 26.3 Å². The Morgan fingerprint density at radius 3 is 2.60 bits per heavy atom. The predicted molar refractivity (Wildman–Crippen MR) is 81.9 cm³/mol. The Morgan fingerprint density at radius 2 is 2.05 bits per heavy atom. The molecule has 1 rings (SSSR count). The molecule has 0 aliphatic heterocycles. The Morgan fingerprint density at radius 1 is 1.35 bits per heavy atom. The highest BCUT2D eigenvalue weighted by molar-refractivity contribution is 7.09. The first-order valence-corrected chi connectivity index (χ1v) is 7.56. The van der Waals surface area contributed by atoms with Crippen LogP contribution in [0.25, 0.3) is 0 Å². The van der Waals surface area contributed by atoms with Crippen LogP contribution in [0.15, 0.2) is 17.5 Å². The second kappa shape index (κ2) is 7.89. The van der Waals surface area contributed by atoms with Gasteiger partial charge in [0.25, 0.3) is 0 Å². The number of rotatable bonds is 6. The lowest BCUT2D eigenvalue weighted by molar-refractivity contribution is -0.130. The van der Waals surface area contributed by atoms with Crippen LogP contribution in [-0.4, -0.2) is 43.5 Å². The van der Waals surface area contributed by atoms with E-state index >= 15 is 0 Å². The SMILES string of the molecule is C[C@H](CNC(=O)N[C@@H](C)C(=O)N(C)C)Cc1cccs1. The number of carbonyl (C=O) groups excluding carboxylic acids is 2. The van der Waals surface area contributed by atoms with Crippen molar-refractivity contribution in [1.82, 2.24) is 15.5 Å². The Kier molecular flexibility index (Phi) is 6.51. The molecule has 0 saturated carbocycles. The van der Waals surface area contributed by atoms with Gasteiger partial charge in [0.05, 0.1) is 0 Å². The molecule has 1 aromatic rings. The van der Waals surface area contributed by atoms with Gasteiger partial charge in [0.2, 0.25) is 5.91 Å². The van der Waals surface area contributed by atoms with E-state index in [1.54, 1.807) is 32.4 Å². The normalized spacial score (nSPS) is 13.4. The van der Waals surface area contributed by atoms with Gasteiger partial charge in [0, 0.05) is 25.5 Å². The van der Waals surface area contributed by atoms with Gasteiger partial charge < -0.3 is 15.5 Å². The summed E-state index contributed by atoms with van der Waals surface area (Å²) in [7, 11) is 3.34. The van der Waals surface area contributed by atoms with Gasteiger partial charge in [-0.3, -0.25) is 4.79 Å². The molecular weight excluding hydrogens is 274 g/mol. The summed E-state index contributed by atoms with van der Waals surface area (Å²) < 4.78 is 0. The summed E-state index contributed by atoms with van der Waals surface area (Å²) in [5.74, 6) is 0.242. The second-order valence-corrected chi connectivity index (χ2v) is 6.23. The van der Waals surface area contributed by atoms with E-state index in [2.05, 4.69) is 29.0 Å². The molecule has 0 aromatic carbocycles. The fourth-order valence-electron chi connectivity index (χ4n) is 1.81. The molecule has 2 N–H and O–H groups in total. The number of likely N-dealkylation sites (N-methyl/N-ethyl adjacent to an activating group) is 1. The third kappa shape index (κ3) is 5.61. The first kappa shape index (κ1) is 16.5. The molecule has 0 fully saturated rings. The molecule has 1 aromatic heterocycles. The number of hydrogen-bond acceptors (Lipinski definition) is 3. The smallest absolute Gasteiger partial charge is 0.315 e. The molecule has 0 bridgehead atoms. The van der Waals surface area contributed by atoms with Crippen molar-refractivity contribution in [3.63, 3.8) is 0 Å². The van der Waals surface area contributed by atoms with Gasteiger partial charge in [0.1, 0.15) is 6.04 Å². The van der Waals surface area contributed by atoms with Gasteiger partial charge in [-0.2, -0.15) is 0 Å². The average molecular weight is 297 g/mol. The van der Waals surface area contributed by atoms with Crippen LogP contribution in [0, 0.1) is 5.92 Å². The number of amides is 3. The Balaban J connectivity index is 2.27. The van der Waals surface area contributed by atoms with Crippen LogP contribution >= 0.6 is 11.3 Å². The lowest BCUT2D eigenvalue weighted by Crippen LogP contribution is -2.48. The quantitative estimate of drug-likeness (QED) is 0.839. The van der Waals surface area contributed by atoms with Crippen molar-refractivity contribution in [3.05, 3.63) is 22.4 Å². The molecular formula is C14H23N3O2S. The Bertz CT molecular complexity index is 432. The van der Waals surface area contributed by atoms with E-state index in [-0.39, 0.29) is 11.9 Å². The van der Waals surface area contributed by atoms with E-state index in [0.29, 0.717) is 12.5 Å². The van der Waals surface area contributed by atoms with Crippen molar-refractivity contribution in [3.8, 4) is 0 Å². The standard InChI is InChI=1S/C14H23N3O2S/c1-10(8-12-6-5-7-20-12)9-15-14(19)16-11(2)13(18)17(3)4/h5-7,10-11H,8-9H2,1-4H3,(H2,15,16,19)/t10-,11-/m0/s1. The summed E-state index contributed by atoms with van der Waals surface area (Å²) in [5.41, 5.74) is 0. The monoisotopic (exact) mass is 297 g/mol. The molecule has 0 spiro atoms. The fraction of sp³-hybridized carbons (Fsp3) is 0.571. The molecule has 6 heteroatoms. The topological polar surface area (TPSA) is 61.4 Å². The molecule has 0 aliphatic carbocycles. The lowest BCUT2D eigenvalue weighted by atomic mass is 10.1. The van der Waals surface area contributed by atoms with Gasteiger partial charge in [-0.05, 0) is 30.7 Å². The maximum atomic E-state index is 11.7. The van der Waals surface area contributed by atoms with Crippen molar-refractivity contribution in [2.24, 2.45) is 5.92 Å². The molecule has 0 radical (unpaired) electrons. The molecule has 0 aliphatic rings. The lowest BCUT2D eigenvalue weighted by Gasteiger charge is -2.19. The Labute approximate surface area is 124 Å². The number of urea groups is 1. The van der Waals surface area contributed by atoms with Crippen molar-refractivity contribution < 1.29 is 9.59 Å². The maximum Gasteiger partial charge on any atom is 0.315 e. The summed E-state index contributed by atoms with van der Waals surface area (Å²) in [6, 6.07) is 3.31. The Hall–Kier alpha value is -1.56. The van der Waals surface area contributed by atoms with Crippen LogP contribution in [0.1, 0.15) is 18.7 Å². The summed E-state index contributed by atoms with van der Waals surface area (Å²) in [4.78, 5) is 26.1. The minimum atomic E-state index is -0.516. The van der Waals surface area contributed by atoms with Crippen LogP contribution < -0.4 is 10.6 Å². The summed E-state index contributed by atoms with van der Waals surface area (Å²) in [6.45, 7) is 4.36. The maximum absolute atomic E-state index is 11.7. The van der Waals surface area contributed by atoms with Crippen LogP contribution in [0.2, 0.25) is 0 Å². The molecule has 112 valence electrons. The van der Waals surface area contributed by atoms with E-state index in [1.165, 1.54) is 9.78 Å². The van der Waals surface area contributed by atoms with Gasteiger partial charge in [-0.25, -0.2) is 4.79 Å². The van der Waals surface area contributed by atoms with Crippen LogP contribution in [0.4, 0.5) is 4.79 Å². The number of nitrogens with one attached hydrogen (secondary N) is 2. The number of nitrogens with zero attached hydrogens (tertiary/aromatic N) is 1. The average Bonchev–Trinajstić information content (AvgIpc) is 2.88. The molecule has 1 heterocycles. The first-order chi connectivity index (χ1) is 9.40. The molecule has 3 amide bonds. The van der Waals surface area contributed by atoms with E-state index in [9.17, 15) is 9.59 Å². The fourth-order valence-corrected chi connectivity index (χ4v) is 2.68. The molecule has 0 saturated heterocycles. The molecule has 20 heavy (non-hydrogen) atoms. The van der Waals surface area contributed by atoms with Crippen LogP contribution in [0.5, 0.6) is 0 Å². The number of thiophene rings is 1. The minimum Gasteiger partial charge on any atom is -0.347 e. The zero-order valence-electron chi connectivity index (χ0n) is 12.5. The van der Waals surface area contributed by atoms with E-state index in [4.69, 9.17) is 0 Å². The molecule has 2 atom stereocenters. The zero-order valence-corrected chi connectivity index (χ0v) is 13.3. The summed E-state index contributed by atoms with van der Waals surface area (Å²) in [5, 5.41) is 7.49. The first-order valence-electron chi connectivity index (χ1n) is 6.68. The van der Waals surface area contributed by atoms with Gasteiger partial charge >= 0.3 is 6.03 Å². The van der Waals surface area contributed by atoms with E-state index < -0.39 is 6.04 Å². The highest BCUT2D eigenvalue weighted by Crippen LogP contribution is 2.13. The van der Waals surface area contributed by atoms with Gasteiger partial charge in [-0.15, -0.1) is 11.3 Å². The number of hydrogen-bond donors (Lipinski definition) is 2. The van der Waals surface area contributed by atoms with E-state index in [0.717, 1.165) is 6.42 Å². The third-order valence-corrected chi connectivity index (χ3v) is 3.80. The van der Waals surface area contributed by atoms with Crippen molar-refractivity contribution in [1.29, 1.82) is 0 Å². The van der Waals surface area contributed by atoms with Gasteiger partial charge in [0.15, 0.2) is 0 Å². The van der Waals surface area contributed by atoms with Crippen molar-refractivity contribution >= 4 is 23.3 Å². The second-order valence-electron chi connectivity index (χ2n) is 5.20. The van der Waals surface area contributed by atoms with Crippen LogP contribution in [0.3, 0.4) is 0 Å². The number of carbonyl (C=O) groups is 2. The third-order valence-electron chi connectivity index (χ3n) is 2.90. The van der Waals surface area contributed by atoms with Gasteiger partial charge in [-0.1, -0.05) is 13.0 Å². The minimum absolute atomic E-state index is 0.119. The highest BCUT2D eigenvalue weighted by Gasteiger charge is 2.17. The summed E-state index contributed by atoms with van der Waals surface area (Å²) in [6.07, 6.45) is 0.949. The van der Waals surface area contributed by atoms with Crippen LogP contribution in [-0.2, 0) is 11.2 Å². The van der Waals surface area contributed by atoms with Crippen molar-refractivity contribution in [2.75, 3.05) is 20.6 Å². The molecule has 5 nitrogen and oxygen atoms in total. The zero-order chi connectivity index (χ0) is 15.1. The molecule has 0 unspecified atom stereocenters.